The predicted octanol–water partition coefficient (Wildman–Crippen LogP) is 2.84. The molecule has 2 heterocycles. The van der Waals surface area contributed by atoms with Gasteiger partial charge in [0.2, 0.25) is 5.91 Å². The fourth-order valence-corrected chi connectivity index (χ4v) is 3.07. The summed E-state index contributed by atoms with van der Waals surface area (Å²) >= 11 is 0. The molecule has 1 saturated heterocycles. The molecule has 1 aliphatic heterocycles. The van der Waals surface area contributed by atoms with Crippen molar-refractivity contribution >= 4 is 23.5 Å². The minimum Gasteiger partial charge on any atom is -0.465 e. The molecule has 1 N–H and O–H groups in total. The summed E-state index contributed by atoms with van der Waals surface area (Å²) in [5.74, 6) is -2.08. The van der Waals surface area contributed by atoms with Gasteiger partial charge in [-0.05, 0) is 49.6 Å². The molecule has 2 aromatic rings. The van der Waals surface area contributed by atoms with Crippen LogP contribution in [0.25, 0.3) is 0 Å². The number of likely N-dealkylation sites (tertiary alicyclic amines) is 1. The van der Waals surface area contributed by atoms with Crippen molar-refractivity contribution < 1.29 is 27.9 Å². The number of carbonyl (C=O) groups is 3. The van der Waals surface area contributed by atoms with E-state index in [1.54, 1.807) is 6.07 Å². The van der Waals surface area contributed by atoms with Crippen LogP contribution in [0.1, 0.15) is 40.2 Å². The fourth-order valence-electron chi connectivity index (χ4n) is 3.07. The van der Waals surface area contributed by atoms with Crippen molar-refractivity contribution in [3.63, 3.8) is 0 Å². The Labute approximate surface area is 155 Å². The maximum absolute atomic E-state index is 14.1. The first kappa shape index (κ1) is 18.6. The summed E-state index contributed by atoms with van der Waals surface area (Å²) in [7, 11) is 1.21. The molecule has 27 heavy (non-hydrogen) atoms. The van der Waals surface area contributed by atoms with E-state index in [2.05, 4.69) is 10.1 Å². The smallest absolute Gasteiger partial charge is 0.337 e. The number of piperidine rings is 1. The second-order valence-corrected chi connectivity index (χ2v) is 6.16. The lowest BCUT2D eigenvalue weighted by Crippen LogP contribution is -2.50. The summed E-state index contributed by atoms with van der Waals surface area (Å²) in [4.78, 5) is 38.4. The monoisotopic (exact) mass is 374 g/mol. The number of methoxy groups -OCH3 is 1. The SMILES string of the molecule is COC(=O)c1ccc(F)c(NC(=O)C2CCCCN2C(=O)c2ccco2)c1. The van der Waals surface area contributed by atoms with E-state index in [1.165, 1.54) is 36.5 Å². The number of anilines is 1. The number of carbonyl (C=O) groups excluding carboxylic acids is 3. The van der Waals surface area contributed by atoms with Crippen molar-refractivity contribution in [2.24, 2.45) is 0 Å². The highest BCUT2D eigenvalue weighted by Gasteiger charge is 2.34. The van der Waals surface area contributed by atoms with Gasteiger partial charge in [0.1, 0.15) is 11.9 Å². The average Bonchev–Trinajstić information content (AvgIpc) is 3.23. The third-order valence-corrected chi connectivity index (χ3v) is 4.44. The fraction of sp³-hybridized carbons (Fsp3) is 0.316. The lowest BCUT2D eigenvalue weighted by atomic mass is 10.0. The normalized spacial score (nSPS) is 16.7. The number of ether oxygens (including phenoxy) is 1. The number of hydrogen-bond acceptors (Lipinski definition) is 5. The molecule has 8 heteroatoms. The Morgan fingerprint density at radius 3 is 2.78 bits per heavy atom. The van der Waals surface area contributed by atoms with E-state index in [0.29, 0.717) is 13.0 Å². The Kier molecular flexibility index (Phi) is 5.54. The van der Waals surface area contributed by atoms with Crippen LogP contribution >= 0.6 is 0 Å². The summed E-state index contributed by atoms with van der Waals surface area (Å²) in [6, 6.07) is 5.93. The minimum absolute atomic E-state index is 0.112. The lowest BCUT2D eigenvalue weighted by Gasteiger charge is -2.34. The van der Waals surface area contributed by atoms with Crippen LogP contribution in [0.4, 0.5) is 10.1 Å². The zero-order valence-corrected chi connectivity index (χ0v) is 14.7. The van der Waals surface area contributed by atoms with E-state index in [0.717, 1.165) is 18.9 Å². The van der Waals surface area contributed by atoms with Gasteiger partial charge < -0.3 is 19.4 Å². The van der Waals surface area contributed by atoms with Crippen LogP contribution in [0, 0.1) is 5.82 Å². The van der Waals surface area contributed by atoms with Gasteiger partial charge in [-0.25, -0.2) is 9.18 Å². The molecule has 2 amide bonds. The van der Waals surface area contributed by atoms with Gasteiger partial charge >= 0.3 is 5.97 Å². The van der Waals surface area contributed by atoms with Gasteiger partial charge in [0, 0.05) is 6.54 Å². The molecule has 1 aromatic carbocycles. The number of nitrogens with zero attached hydrogens (tertiary/aromatic N) is 1. The third-order valence-electron chi connectivity index (χ3n) is 4.44. The van der Waals surface area contributed by atoms with Gasteiger partial charge in [-0.2, -0.15) is 0 Å². The molecule has 1 fully saturated rings. The molecule has 0 spiro atoms. The van der Waals surface area contributed by atoms with Crippen LogP contribution in [0.3, 0.4) is 0 Å². The number of benzene rings is 1. The molecule has 7 nitrogen and oxygen atoms in total. The van der Waals surface area contributed by atoms with Crippen LogP contribution in [0.5, 0.6) is 0 Å². The van der Waals surface area contributed by atoms with Crippen LogP contribution in [0.15, 0.2) is 41.0 Å². The molecule has 142 valence electrons. The summed E-state index contributed by atoms with van der Waals surface area (Å²) < 4.78 is 23.8. The first-order chi connectivity index (χ1) is 13.0. The summed E-state index contributed by atoms with van der Waals surface area (Å²) in [5, 5.41) is 2.48. The van der Waals surface area contributed by atoms with Crippen LogP contribution in [-0.4, -0.2) is 42.4 Å². The molecular weight excluding hydrogens is 355 g/mol. The summed E-state index contributed by atoms with van der Waals surface area (Å²) in [6.45, 7) is 0.405. The number of amides is 2. The van der Waals surface area contributed by atoms with Crippen LogP contribution < -0.4 is 5.32 Å². The molecule has 1 aliphatic rings. The van der Waals surface area contributed by atoms with Crippen molar-refractivity contribution in [1.29, 1.82) is 0 Å². The number of esters is 1. The Morgan fingerprint density at radius 2 is 2.07 bits per heavy atom. The molecule has 1 unspecified atom stereocenters. The number of hydrogen-bond donors (Lipinski definition) is 1. The Balaban J connectivity index is 1.79. The van der Waals surface area contributed by atoms with Crippen molar-refractivity contribution in [2.45, 2.75) is 25.3 Å². The van der Waals surface area contributed by atoms with Gasteiger partial charge in [-0.1, -0.05) is 0 Å². The number of halogens is 1. The Morgan fingerprint density at radius 1 is 1.26 bits per heavy atom. The van der Waals surface area contributed by atoms with Gasteiger partial charge in [0.05, 0.1) is 24.6 Å². The second kappa shape index (κ2) is 8.03. The molecule has 1 aromatic heterocycles. The quantitative estimate of drug-likeness (QED) is 0.832. The summed E-state index contributed by atoms with van der Waals surface area (Å²) in [6.07, 6.45) is 3.38. The highest BCUT2D eigenvalue weighted by atomic mass is 19.1. The molecule has 3 rings (SSSR count). The Bertz CT molecular complexity index is 850. The first-order valence-electron chi connectivity index (χ1n) is 8.54. The molecule has 0 saturated carbocycles. The Hall–Kier alpha value is -3.16. The second-order valence-electron chi connectivity index (χ2n) is 6.16. The van der Waals surface area contributed by atoms with Crippen molar-refractivity contribution in [1.82, 2.24) is 4.90 Å². The van der Waals surface area contributed by atoms with Gasteiger partial charge in [0.25, 0.3) is 5.91 Å². The molecule has 0 radical (unpaired) electrons. The van der Waals surface area contributed by atoms with E-state index in [4.69, 9.17) is 4.42 Å². The first-order valence-corrected chi connectivity index (χ1v) is 8.54. The van der Waals surface area contributed by atoms with Crippen molar-refractivity contribution in [3.8, 4) is 0 Å². The number of rotatable bonds is 4. The third kappa shape index (κ3) is 3.99. The topological polar surface area (TPSA) is 88.9 Å². The van der Waals surface area contributed by atoms with E-state index >= 15 is 0 Å². The van der Waals surface area contributed by atoms with Gasteiger partial charge in [-0.15, -0.1) is 0 Å². The minimum atomic E-state index is -0.752. The van der Waals surface area contributed by atoms with Gasteiger partial charge in [-0.3, -0.25) is 9.59 Å². The van der Waals surface area contributed by atoms with E-state index in [-0.39, 0.29) is 22.9 Å². The van der Waals surface area contributed by atoms with E-state index in [9.17, 15) is 18.8 Å². The van der Waals surface area contributed by atoms with Crippen LogP contribution in [-0.2, 0) is 9.53 Å². The molecule has 0 bridgehead atoms. The predicted molar refractivity (Wildman–Crippen MR) is 93.8 cm³/mol. The van der Waals surface area contributed by atoms with Crippen molar-refractivity contribution in [2.75, 3.05) is 19.0 Å². The largest absolute Gasteiger partial charge is 0.465 e. The molecule has 1 atom stereocenters. The van der Waals surface area contributed by atoms with Gasteiger partial charge in [0.15, 0.2) is 5.76 Å². The highest BCUT2D eigenvalue weighted by molar-refractivity contribution is 6.01. The highest BCUT2D eigenvalue weighted by Crippen LogP contribution is 2.23. The van der Waals surface area contributed by atoms with Crippen molar-refractivity contribution in [3.05, 3.63) is 53.7 Å². The lowest BCUT2D eigenvalue weighted by molar-refractivity contribution is -0.121. The number of furan rings is 1. The van der Waals surface area contributed by atoms with E-state index in [1.807, 2.05) is 0 Å². The zero-order valence-electron chi connectivity index (χ0n) is 14.7. The summed E-state index contributed by atoms with van der Waals surface area (Å²) in [5.41, 5.74) is -0.0276. The molecule has 0 aliphatic carbocycles. The van der Waals surface area contributed by atoms with E-state index < -0.39 is 23.7 Å². The maximum atomic E-state index is 14.1. The molecular formula is C19H19FN2O5. The van der Waals surface area contributed by atoms with Crippen LogP contribution in [0.2, 0.25) is 0 Å². The maximum Gasteiger partial charge on any atom is 0.337 e. The zero-order chi connectivity index (χ0) is 19.4. The average molecular weight is 374 g/mol. The standard InChI is InChI=1S/C19H19FN2O5/c1-26-19(25)12-7-8-13(20)14(11-12)21-17(23)15-5-2-3-9-22(15)18(24)16-6-4-10-27-16/h4,6-8,10-11,15H,2-3,5,9H2,1H3,(H,21,23). The number of nitrogens with one attached hydrogen (secondary N) is 1.